The van der Waals surface area contributed by atoms with Gasteiger partial charge in [0, 0.05) is 11.6 Å². The number of hydrogen-bond donors (Lipinski definition) is 1. The zero-order valence-corrected chi connectivity index (χ0v) is 12.6. The van der Waals surface area contributed by atoms with Crippen molar-refractivity contribution in [1.29, 1.82) is 0 Å². The van der Waals surface area contributed by atoms with E-state index in [2.05, 4.69) is 53.4 Å². The molecular weight excluding hydrogens is 210 g/mol. The van der Waals surface area contributed by atoms with Crippen LogP contribution in [0.3, 0.4) is 0 Å². The van der Waals surface area contributed by atoms with E-state index in [0.29, 0.717) is 5.57 Å². The summed E-state index contributed by atoms with van der Waals surface area (Å²) in [6.45, 7) is 18.7. The van der Waals surface area contributed by atoms with Crippen LogP contribution in [0.2, 0.25) is 0 Å². The van der Waals surface area contributed by atoms with Gasteiger partial charge in [-0.05, 0) is 30.6 Å². The molecule has 1 N–H and O–H groups in total. The first-order chi connectivity index (χ1) is 7.41. The number of amides is 1. The van der Waals surface area contributed by atoms with Gasteiger partial charge in [0.1, 0.15) is 0 Å². The van der Waals surface area contributed by atoms with E-state index in [0.717, 1.165) is 12.8 Å². The molecule has 0 aliphatic heterocycles. The molecule has 0 saturated carbocycles. The summed E-state index contributed by atoms with van der Waals surface area (Å²) < 4.78 is 0. The first-order valence-electron chi connectivity index (χ1n) is 6.37. The number of rotatable bonds is 4. The van der Waals surface area contributed by atoms with E-state index in [9.17, 15) is 4.79 Å². The summed E-state index contributed by atoms with van der Waals surface area (Å²) in [6, 6.07) is 0.221. The number of hydrogen-bond acceptors (Lipinski definition) is 1. The van der Waals surface area contributed by atoms with Gasteiger partial charge in [-0.3, -0.25) is 4.79 Å². The molecular formula is C15H29NO. The van der Waals surface area contributed by atoms with Crippen LogP contribution >= 0.6 is 0 Å². The van der Waals surface area contributed by atoms with Crippen LogP contribution in [-0.4, -0.2) is 11.9 Å². The van der Waals surface area contributed by atoms with Crippen LogP contribution in [-0.2, 0) is 4.79 Å². The van der Waals surface area contributed by atoms with Crippen molar-refractivity contribution in [3.8, 4) is 0 Å². The Kier molecular flexibility index (Phi) is 5.44. The highest BCUT2D eigenvalue weighted by atomic mass is 16.1. The van der Waals surface area contributed by atoms with Gasteiger partial charge in [-0.25, -0.2) is 0 Å². The number of nitrogens with one attached hydrogen (secondary N) is 1. The minimum atomic E-state index is -0.0245. The molecule has 0 rings (SSSR count). The molecule has 0 aromatic rings. The van der Waals surface area contributed by atoms with Crippen LogP contribution < -0.4 is 5.32 Å². The fraction of sp³-hybridized carbons (Fsp3) is 0.800. The van der Waals surface area contributed by atoms with Crippen LogP contribution in [0.5, 0.6) is 0 Å². The van der Waals surface area contributed by atoms with Gasteiger partial charge in [0.25, 0.3) is 0 Å². The molecule has 0 unspecified atom stereocenters. The molecule has 100 valence electrons. The van der Waals surface area contributed by atoms with Crippen LogP contribution in [0.25, 0.3) is 0 Å². The molecule has 0 aliphatic rings. The molecule has 0 radical (unpaired) electrons. The van der Waals surface area contributed by atoms with Gasteiger partial charge in [0.05, 0.1) is 0 Å². The van der Waals surface area contributed by atoms with E-state index in [1.165, 1.54) is 0 Å². The lowest BCUT2D eigenvalue weighted by atomic mass is 9.80. The maximum Gasteiger partial charge on any atom is 0.246 e. The highest BCUT2D eigenvalue weighted by Gasteiger charge is 2.25. The summed E-state index contributed by atoms with van der Waals surface area (Å²) in [7, 11) is 0. The molecule has 17 heavy (non-hydrogen) atoms. The third kappa shape index (κ3) is 8.96. The zero-order valence-electron chi connectivity index (χ0n) is 12.6. The van der Waals surface area contributed by atoms with Crippen LogP contribution in [0.4, 0.5) is 0 Å². The van der Waals surface area contributed by atoms with Crippen molar-refractivity contribution < 1.29 is 4.79 Å². The average Bonchev–Trinajstić information content (AvgIpc) is 1.96. The van der Waals surface area contributed by atoms with Crippen molar-refractivity contribution >= 4 is 5.91 Å². The van der Waals surface area contributed by atoms with Crippen molar-refractivity contribution in [2.45, 2.75) is 67.3 Å². The van der Waals surface area contributed by atoms with E-state index in [-0.39, 0.29) is 22.8 Å². The fourth-order valence-corrected chi connectivity index (χ4v) is 1.96. The van der Waals surface area contributed by atoms with Gasteiger partial charge in [-0.1, -0.05) is 48.1 Å². The average molecular weight is 239 g/mol. The van der Waals surface area contributed by atoms with Gasteiger partial charge >= 0.3 is 0 Å². The lowest BCUT2D eigenvalue weighted by Gasteiger charge is -2.31. The lowest BCUT2D eigenvalue weighted by Crippen LogP contribution is -2.40. The number of carbonyl (C=O) groups is 1. The van der Waals surface area contributed by atoms with Crippen molar-refractivity contribution in [2.24, 2.45) is 10.8 Å². The highest BCUT2D eigenvalue weighted by Crippen LogP contribution is 2.28. The Morgan fingerprint density at radius 3 is 1.65 bits per heavy atom. The summed E-state index contributed by atoms with van der Waals surface area (Å²) >= 11 is 0. The monoisotopic (exact) mass is 239 g/mol. The molecule has 0 saturated heterocycles. The third-order valence-electron chi connectivity index (χ3n) is 2.44. The Bertz CT molecular complexity index is 262. The summed E-state index contributed by atoms with van der Waals surface area (Å²) in [5.41, 5.74) is 1.02. The van der Waals surface area contributed by atoms with E-state index >= 15 is 0 Å². The molecule has 0 atom stereocenters. The minimum absolute atomic E-state index is 0.0245. The largest absolute Gasteiger partial charge is 0.350 e. The van der Waals surface area contributed by atoms with Crippen molar-refractivity contribution in [1.82, 2.24) is 5.32 Å². The second kappa shape index (κ2) is 5.70. The van der Waals surface area contributed by atoms with Crippen LogP contribution in [0.15, 0.2) is 12.2 Å². The molecule has 0 heterocycles. The topological polar surface area (TPSA) is 29.1 Å². The van der Waals surface area contributed by atoms with Crippen LogP contribution in [0.1, 0.15) is 61.3 Å². The molecule has 0 aromatic carbocycles. The molecule has 0 fully saturated rings. The predicted octanol–water partition coefficient (Wildman–Crippen LogP) is 3.92. The van der Waals surface area contributed by atoms with Crippen molar-refractivity contribution in [3.63, 3.8) is 0 Å². The van der Waals surface area contributed by atoms with E-state index in [1.807, 2.05) is 0 Å². The lowest BCUT2D eigenvalue weighted by molar-refractivity contribution is -0.118. The second-order valence-corrected chi connectivity index (χ2v) is 7.48. The molecule has 0 aromatic heterocycles. The highest BCUT2D eigenvalue weighted by molar-refractivity contribution is 5.92. The first-order valence-corrected chi connectivity index (χ1v) is 6.37. The van der Waals surface area contributed by atoms with Crippen molar-refractivity contribution in [2.75, 3.05) is 0 Å². The van der Waals surface area contributed by atoms with E-state index in [1.54, 1.807) is 6.92 Å². The first kappa shape index (κ1) is 16.2. The second-order valence-electron chi connectivity index (χ2n) is 7.48. The molecule has 0 spiro atoms. The van der Waals surface area contributed by atoms with E-state index in [4.69, 9.17) is 0 Å². The Morgan fingerprint density at radius 2 is 1.41 bits per heavy atom. The zero-order chi connectivity index (χ0) is 13.9. The number of carbonyl (C=O) groups excluding carboxylic acids is 1. The molecule has 2 nitrogen and oxygen atoms in total. The Labute approximate surface area is 107 Å². The minimum Gasteiger partial charge on any atom is -0.350 e. The summed E-state index contributed by atoms with van der Waals surface area (Å²) in [6.07, 6.45) is 1.98. The Hall–Kier alpha value is -0.790. The summed E-state index contributed by atoms with van der Waals surface area (Å²) in [5, 5.41) is 3.09. The quantitative estimate of drug-likeness (QED) is 0.740. The van der Waals surface area contributed by atoms with Crippen LogP contribution in [0, 0.1) is 10.8 Å². The summed E-state index contributed by atoms with van der Waals surface area (Å²) in [4.78, 5) is 11.7. The van der Waals surface area contributed by atoms with Crippen molar-refractivity contribution in [3.05, 3.63) is 12.2 Å². The standard InChI is InChI=1S/C15H29NO/c1-11(2)13(17)16-12(9-14(3,4)5)10-15(6,7)8/h12H,1,9-10H2,2-8H3,(H,16,17). The Morgan fingerprint density at radius 1 is 1.06 bits per heavy atom. The predicted molar refractivity (Wildman–Crippen MR) is 74.9 cm³/mol. The normalized spacial score (nSPS) is 12.7. The third-order valence-corrected chi connectivity index (χ3v) is 2.44. The van der Waals surface area contributed by atoms with Gasteiger partial charge in [-0.15, -0.1) is 0 Å². The van der Waals surface area contributed by atoms with Gasteiger partial charge in [0.15, 0.2) is 0 Å². The smallest absolute Gasteiger partial charge is 0.246 e. The molecule has 2 heteroatoms. The summed E-state index contributed by atoms with van der Waals surface area (Å²) in [5.74, 6) is -0.0245. The molecule has 1 amide bonds. The SMILES string of the molecule is C=C(C)C(=O)NC(CC(C)(C)C)CC(C)(C)C. The maximum absolute atomic E-state index is 11.7. The van der Waals surface area contributed by atoms with Gasteiger partial charge < -0.3 is 5.32 Å². The van der Waals surface area contributed by atoms with Gasteiger partial charge in [-0.2, -0.15) is 0 Å². The fourth-order valence-electron chi connectivity index (χ4n) is 1.96. The van der Waals surface area contributed by atoms with E-state index < -0.39 is 0 Å². The Balaban J connectivity index is 4.63. The maximum atomic E-state index is 11.7. The molecule has 0 aliphatic carbocycles. The molecule has 0 bridgehead atoms. The van der Waals surface area contributed by atoms with Gasteiger partial charge in [0.2, 0.25) is 5.91 Å².